The number of benzene rings is 2. The fraction of sp³-hybridized carbons (Fsp3) is 0.708. The van der Waals surface area contributed by atoms with Gasteiger partial charge in [-0.2, -0.15) is 11.8 Å². The Morgan fingerprint density at radius 2 is 1.14 bits per heavy atom. The minimum absolute atomic E-state index is 0.00153. The Bertz CT molecular complexity index is 1590. The fourth-order valence-electron chi connectivity index (χ4n) is 7.47. The molecule has 0 aromatic heterocycles. The number of hydrogen-bond acceptors (Lipinski definition) is 9. The van der Waals surface area contributed by atoms with Crippen LogP contribution in [0, 0.1) is 0 Å². The van der Waals surface area contributed by atoms with Crippen LogP contribution in [0.5, 0.6) is 11.5 Å². The predicted molar refractivity (Wildman–Crippen MR) is 249 cm³/mol. The van der Waals surface area contributed by atoms with E-state index < -0.39 is 8.80 Å². The van der Waals surface area contributed by atoms with Gasteiger partial charge in [-0.3, -0.25) is 9.98 Å². The van der Waals surface area contributed by atoms with Crippen LogP contribution >= 0.6 is 11.8 Å². The molecular formula is C48H80N2O6SSi. The number of thioether (sulfide) groups is 1. The SMILES string of the molecule is CO[Si](O)(O)CCCSCCCCCCCCCCCOCc1cc(C=N[C@@H]2CCCC[C@H]2N=Cc2cc(C(C)(C)C)cc(C(C)(C)C)c2O)c(O)c(C(C)(C)C)c1. The second-order valence-electron chi connectivity index (χ2n) is 19.7. The molecule has 2 atom stereocenters. The van der Waals surface area contributed by atoms with Crippen molar-refractivity contribution in [1.82, 2.24) is 0 Å². The number of ether oxygens (including phenoxy) is 1. The molecule has 10 heteroatoms. The monoisotopic (exact) mass is 841 g/mol. The Kier molecular flexibility index (Phi) is 20.5. The van der Waals surface area contributed by atoms with Crippen molar-refractivity contribution in [1.29, 1.82) is 0 Å². The third-order valence-electron chi connectivity index (χ3n) is 11.3. The van der Waals surface area contributed by atoms with Gasteiger partial charge in [0.2, 0.25) is 0 Å². The van der Waals surface area contributed by atoms with Crippen LogP contribution in [0.25, 0.3) is 0 Å². The first-order chi connectivity index (χ1) is 27.2. The second kappa shape index (κ2) is 23.7. The highest BCUT2D eigenvalue weighted by Crippen LogP contribution is 2.38. The summed E-state index contributed by atoms with van der Waals surface area (Å²) in [4.78, 5) is 29.3. The topological polar surface area (TPSA) is 124 Å². The van der Waals surface area contributed by atoms with Crippen molar-refractivity contribution in [2.45, 2.75) is 193 Å². The molecule has 0 unspecified atom stereocenters. The van der Waals surface area contributed by atoms with Crippen LogP contribution < -0.4 is 0 Å². The van der Waals surface area contributed by atoms with Crippen molar-refractivity contribution >= 4 is 33.0 Å². The number of aromatic hydroxyl groups is 2. The van der Waals surface area contributed by atoms with Gasteiger partial charge in [-0.25, -0.2) is 0 Å². The van der Waals surface area contributed by atoms with Crippen molar-refractivity contribution in [2.75, 3.05) is 25.2 Å². The Morgan fingerprint density at radius 1 is 0.655 bits per heavy atom. The third-order valence-corrected chi connectivity index (χ3v) is 14.1. The highest BCUT2D eigenvalue weighted by Gasteiger charge is 2.30. The molecule has 0 bridgehead atoms. The molecule has 328 valence electrons. The first kappa shape index (κ1) is 50.1. The third kappa shape index (κ3) is 17.4. The highest BCUT2D eigenvalue weighted by molar-refractivity contribution is 7.99. The molecule has 2 aromatic carbocycles. The lowest BCUT2D eigenvalue weighted by molar-refractivity contribution is 0.116. The fourth-order valence-corrected chi connectivity index (χ4v) is 9.53. The summed E-state index contributed by atoms with van der Waals surface area (Å²) in [5.74, 6) is 2.70. The van der Waals surface area contributed by atoms with Crippen LogP contribution in [0.15, 0.2) is 34.3 Å². The Balaban J connectivity index is 1.50. The lowest BCUT2D eigenvalue weighted by atomic mass is 9.79. The number of phenols is 2. The quantitative estimate of drug-likeness (QED) is 0.0499. The molecule has 1 aliphatic rings. The van der Waals surface area contributed by atoms with E-state index in [1.165, 1.54) is 64.0 Å². The van der Waals surface area contributed by atoms with E-state index >= 15 is 0 Å². The molecule has 0 aliphatic heterocycles. The van der Waals surface area contributed by atoms with Crippen molar-refractivity contribution in [3.05, 3.63) is 57.6 Å². The van der Waals surface area contributed by atoms with Gasteiger partial charge in [-0.05, 0) is 89.2 Å². The van der Waals surface area contributed by atoms with Gasteiger partial charge in [0.15, 0.2) is 0 Å². The van der Waals surface area contributed by atoms with E-state index in [4.69, 9.17) is 19.1 Å². The molecule has 0 amide bonds. The number of aliphatic imine (C=N–C) groups is 2. The van der Waals surface area contributed by atoms with Crippen molar-refractivity contribution in [3.63, 3.8) is 0 Å². The van der Waals surface area contributed by atoms with Crippen LogP contribution in [0.4, 0.5) is 0 Å². The van der Waals surface area contributed by atoms with E-state index in [-0.39, 0.29) is 34.1 Å². The van der Waals surface area contributed by atoms with Gasteiger partial charge in [0.1, 0.15) is 11.5 Å². The minimum Gasteiger partial charge on any atom is -0.507 e. The zero-order valence-electron chi connectivity index (χ0n) is 38.0. The largest absolute Gasteiger partial charge is 0.507 e. The normalized spacial score (nSPS) is 17.2. The van der Waals surface area contributed by atoms with Gasteiger partial charge >= 0.3 is 8.80 Å². The van der Waals surface area contributed by atoms with Crippen LogP contribution in [0.1, 0.15) is 186 Å². The lowest BCUT2D eigenvalue weighted by Crippen LogP contribution is -2.37. The van der Waals surface area contributed by atoms with E-state index in [9.17, 15) is 19.8 Å². The average Bonchev–Trinajstić information content (AvgIpc) is 3.14. The summed E-state index contributed by atoms with van der Waals surface area (Å²) in [6.45, 7) is 20.6. The predicted octanol–water partition coefficient (Wildman–Crippen LogP) is 11.6. The van der Waals surface area contributed by atoms with Crippen LogP contribution in [-0.4, -0.2) is 78.3 Å². The maximum Gasteiger partial charge on any atom is 0.495 e. The van der Waals surface area contributed by atoms with E-state index in [1.54, 1.807) is 0 Å². The molecule has 1 saturated carbocycles. The number of nitrogens with zero attached hydrogens (tertiary/aromatic N) is 2. The Hall–Kier alpha value is -2.21. The lowest BCUT2D eigenvalue weighted by Gasteiger charge is -2.28. The molecule has 0 saturated heterocycles. The molecule has 3 rings (SSSR count). The zero-order valence-corrected chi connectivity index (χ0v) is 39.8. The molecule has 58 heavy (non-hydrogen) atoms. The Morgan fingerprint density at radius 3 is 1.66 bits per heavy atom. The first-order valence-corrected chi connectivity index (χ1v) is 25.4. The van der Waals surface area contributed by atoms with E-state index in [1.807, 2.05) is 30.3 Å². The molecule has 1 aliphatic carbocycles. The summed E-state index contributed by atoms with van der Waals surface area (Å²) in [6.07, 6.45) is 19.7. The molecular weight excluding hydrogens is 761 g/mol. The minimum atomic E-state index is -3.38. The number of hydrogen-bond donors (Lipinski definition) is 4. The van der Waals surface area contributed by atoms with Crippen LogP contribution in [0.3, 0.4) is 0 Å². The van der Waals surface area contributed by atoms with E-state index in [0.717, 1.165) is 84.5 Å². The first-order valence-electron chi connectivity index (χ1n) is 22.2. The molecule has 4 N–H and O–H groups in total. The van der Waals surface area contributed by atoms with Gasteiger partial charge in [0, 0.05) is 54.4 Å². The second-order valence-corrected chi connectivity index (χ2v) is 23.3. The van der Waals surface area contributed by atoms with E-state index in [2.05, 4.69) is 80.5 Å². The van der Waals surface area contributed by atoms with Crippen LogP contribution in [-0.2, 0) is 32.0 Å². The van der Waals surface area contributed by atoms with Gasteiger partial charge in [-0.15, -0.1) is 0 Å². The smallest absolute Gasteiger partial charge is 0.495 e. The summed E-state index contributed by atoms with van der Waals surface area (Å²) in [5, 5.41) is 22.8. The average molecular weight is 841 g/mol. The summed E-state index contributed by atoms with van der Waals surface area (Å²) in [5.41, 5.74) is 5.06. The molecule has 8 nitrogen and oxygen atoms in total. The van der Waals surface area contributed by atoms with Gasteiger partial charge < -0.3 is 29.0 Å². The number of unbranched alkanes of at least 4 members (excludes halogenated alkanes) is 8. The molecule has 0 radical (unpaired) electrons. The van der Waals surface area contributed by atoms with Gasteiger partial charge in [0.25, 0.3) is 0 Å². The Labute approximate surface area is 358 Å². The maximum atomic E-state index is 11.4. The summed E-state index contributed by atoms with van der Waals surface area (Å²) in [7, 11) is -2.00. The van der Waals surface area contributed by atoms with Crippen molar-refractivity contribution in [3.8, 4) is 11.5 Å². The van der Waals surface area contributed by atoms with E-state index in [0.29, 0.717) is 18.4 Å². The summed E-state index contributed by atoms with van der Waals surface area (Å²) < 4.78 is 10.9. The number of rotatable bonds is 23. The molecule has 0 heterocycles. The molecule has 2 aromatic rings. The van der Waals surface area contributed by atoms with Crippen molar-refractivity contribution in [2.24, 2.45) is 9.98 Å². The zero-order chi connectivity index (χ0) is 43.0. The van der Waals surface area contributed by atoms with Crippen LogP contribution in [0.2, 0.25) is 6.04 Å². The molecule has 1 fully saturated rings. The standard InChI is InChI=1S/C48H80N2O6SSi/c1-46(2,3)39-31-38(45(52)41(32-39)48(7,8)9)34-50-43-24-19-18-23-42(43)49-33-37-29-36(30-40(44(37)51)47(4,5)6)35-56-25-20-16-14-12-11-13-15-17-21-26-57-27-22-28-58(53,54)55-10/h29-34,42-43,51-54H,11-28,35H2,1-10H3/t42-,43-/m1/s1. The maximum absolute atomic E-state index is 11.4. The number of phenolic OH excluding ortho intramolecular Hbond substituents is 2. The summed E-state index contributed by atoms with van der Waals surface area (Å²) in [6, 6.07) is 8.73. The van der Waals surface area contributed by atoms with Crippen molar-refractivity contribution < 1.29 is 29.0 Å². The summed E-state index contributed by atoms with van der Waals surface area (Å²) >= 11 is 1.90. The van der Waals surface area contributed by atoms with Gasteiger partial charge in [0.05, 0.1) is 18.7 Å². The van der Waals surface area contributed by atoms with Gasteiger partial charge in [-0.1, -0.05) is 126 Å². The highest BCUT2D eigenvalue weighted by atomic mass is 32.2. The molecule has 0 spiro atoms.